The molecule has 0 aromatic heterocycles. The summed E-state index contributed by atoms with van der Waals surface area (Å²) in [5, 5.41) is 10.9. The molecule has 2 aromatic rings. The Hall–Kier alpha value is -2.43. The van der Waals surface area contributed by atoms with E-state index in [1.165, 1.54) is 18.2 Å². The van der Waals surface area contributed by atoms with Crippen LogP contribution in [0.1, 0.15) is 11.1 Å². The van der Waals surface area contributed by atoms with E-state index in [1.54, 1.807) is 31.2 Å². The van der Waals surface area contributed by atoms with Gasteiger partial charge in [0.05, 0.1) is 4.92 Å². The maximum absolute atomic E-state index is 12.7. The number of ether oxygens (including phenoxy) is 1. The highest BCUT2D eigenvalue weighted by Gasteiger charge is 2.14. The lowest BCUT2D eigenvalue weighted by molar-refractivity contribution is -0.386. The molecule has 0 heterocycles. The highest BCUT2D eigenvalue weighted by molar-refractivity contribution is 5.48. The van der Waals surface area contributed by atoms with E-state index in [4.69, 9.17) is 4.74 Å². The van der Waals surface area contributed by atoms with Gasteiger partial charge >= 0.3 is 5.69 Å². The average Bonchev–Trinajstić information content (AvgIpc) is 2.39. The van der Waals surface area contributed by atoms with Crippen molar-refractivity contribution in [2.24, 2.45) is 0 Å². The van der Waals surface area contributed by atoms with Crippen molar-refractivity contribution in [3.63, 3.8) is 0 Å². The van der Waals surface area contributed by atoms with E-state index in [9.17, 15) is 14.5 Å². The topological polar surface area (TPSA) is 52.4 Å². The third kappa shape index (κ3) is 3.28. The Morgan fingerprint density at radius 3 is 2.53 bits per heavy atom. The van der Waals surface area contributed by atoms with Crippen molar-refractivity contribution in [2.75, 3.05) is 0 Å². The zero-order valence-electron chi connectivity index (χ0n) is 10.3. The third-order valence-electron chi connectivity index (χ3n) is 2.62. The number of hydrogen-bond acceptors (Lipinski definition) is 3. The molecule has 0 aliphatic rings. The van der Waals surface area contributed by atoms with Crippen molar-refractivity contribution in [2.45, 2.75) is 13.5 Å². The second kappa shape index (κ2) is 5.48. The lowest BCUT2D eigenvalue weighted by Gasteiger charge is -2.07. The molecule has 2 rings (SSSR count). The van der Waals surface area contributed by atoms with Gasteiger partial charge in [-0.2, -0.15) is 0 Å². The van der Waals surface area contributed by atoms with Crippen molar-refractivity contribution in [3.05, 3.63) is 69.5 Å². The van der Waals surface area contributed by atoms with Crippen LogP contribution in [0.4, 0.5) is 10.1 Å². The van der Waals surface area contributed by atoms with E-state index in [0.717, 1.165) is 11.1 Å². The van der Waals surface area contributed by atoms with Crippen LogP contribution in [0.15, 0.2) is 42.5 Å². The first-order valence-electron chi connectivity index (χ1n) is 5.68. The van der Waals surface area contributed by atoms with Crippen LogP contribution in [-0.4, -0.2) is 4.92 Å². The van der Waals surface area contributed by atoms with Crippen LogP contribution in [0.3, 0.4) is 0 Å². The molecule has 0 amide bonds. The predicted octanol–water partition coefficient (Wildman–Crippen LogP) is 3.62. The fraction of sp³-hybridized carbons (Fsp3) is 0.143. The Labute approximate surface area is 109 Å². The summed E-state index contributed by atoms with van der Waals surface area (Å²) in [7, 11) is 0. The first-order chi connectivity index (χ1) is 9.06. The Kier molecular flexibility index (Phi) is 3.75. The van der Waals surface area contributed by atoms with Gasteiger partial charge in [0, 0.05) is 6.07 Å². The summed E-state index contributed by atoms with van der Waals surface area (Å²) in [6.45, 7) is 1.93. The van der Waals surface area contributed by atoms with Gasteiger partial charge in [0.15, 0.2) is 5.75 Å². The molecule has 0 N–H and O–H groups in total. The van der Waals surface area contributed by atoms with Crippen molar-refractivity contribution in [1.29, 1.82) is 0 Å². The van der Waals surface area contributed by atoms with Crippen LogP contribution in [-0.2, 0) is 6.61 Å². The molecule has 0 atom stereocenters. The van der Waals surface area contributed by atoms with Crippen molar-refractivity contribution in [1.82, 2.24) is 0 Å². The van der Waals surface area contributed by atoms with Gasteiger partial charge in [-0.15, -0.1) is 0 Å². The fourth-order valence-corrected chi connectivity index (χ4v) is 1.63. The van der Waals surface area contributed by atoms with Gasteiger partial charge in [0.2, 0.25) is 0 Å². The SMILES string of the molecule is Cc1ccc(OCc2ccc(F)cc2)c([N+](=O)[O-])c1. The molecule has 19 heavy (non-hydrogen) atoms. The van der Waals surface area contributed by atoms with Crippen LogP contribution in [0, 0.1) is 22.9 Å². The minimum atomic E-state index is -0.479. The molecule has 0 radical (unpaired) electrons. The van der Waals surface area contributed by atoms with Gasteiger partial charge in [-0.3, -0.25) is 10.1 Å². The van der Waals surface area contributed by atoms with Gasteiger partial charge in [-0.1, -0.05) is 18.2 Å². The number of nitro groups is 1. The molecule has 0 saturated heterocycles. The Morgan fingerprint density at radius 2 is 1.89 bits per heavy atom. The fourth-order valence-electron chi connectivity index (χ4n) is 1.63. The van der Waals surface area contributed by atoms with Crippen molar-refractivity contribution in [3.8, 4) is 5.75 Å². The van der Waals surface area contributed by atoms with E-state index in [1.807, 2.05) is 0 Å². The highest BCUT2D eigenvalue weighted by Crippen LogP contribution is 2.28. The standard InChI is InChI=1S/C14H12FNO3/c1-10-2-7-14(13(8-10)16(17)18)19-9-11-3-5-12(15)6-4-11/h2-8H,9H2,1H3. The normalized spacial score (nSPS) is 10.2. The number of aryl methyl sites for hydroxylation is 1. The lowest BCUT2D eigenvalue weighted by atomic mass is 10.2. The van der Waals surface area contributed by atoms with E-state index in [2.05, 4.69) is 0 Å². The number of hydrogen-bond donors (Lipinski definition) is 0. The van der Waals surface area contributed by atoms with Crippen LogP contribution in [0.5, 0.6) is 5.75 Å². The summed E-state index contributed by atoms with van der Waals surface area (Å²) in [5.74, 6) is -0.120. The second-order valence-electron chi connectivity index (χ2n) is 4.14. The van der Waals surface area contributed by atoms with Gasteiger partial charge in [-0.05, 0) is 36.2 Å². The molecule has 0 aliphatic carbocycles. The largest absolute Gasteiger partial charge is 0.482 e. The summed E-state index contributed by atoms with van der Waals surface area (Å²) in [6, 6.07) is 10.6. The number of halogens is 1. The maximum Gasteiger partial charge on any atom is 0.311 e. The highest BCUT2D eigenvalue weighted by atomic mass is 19.1. The van der Waals surface area contributed by atoms with E-state index >= 15 is 0 Å². The van der Waals surface area contributed by atoms with Gasteiger partial charge in [-0.25, -0.2) is 4.39 Å². The van der Waals surface area contributed by atoms with Gasteiger partial charge < -0.3 is 4.74 Å². The molecule has 0 saturated carbocycles. The van der Waals surface area contributed by atoms with E-state index < -0.39 is 4.92 Å². The zero-order chi connectivity index (χ0) is 13.8. The number of benzene rings is 2. The first-order valence-corrected chi connectivity index (χ1v) is 5.68. The molecule has 0 fully saturated rings. The van der Waals surface area contributed by atoms with Crippen molar-refractivity contribution < 1.29 is 14.1 Å². The molecule has 98 valence electrons. The molecule has 4 nitrogen and oxygen atoms in total. The first kappa shape index (κ1) is 13.0. The van der Waals surface area contributed by atoms with Crippen LogP contribution >= 0.6 is 0 Å². The Balaban J connectivity index is 2.15. The number of nitro benzene ring substituents is 1. The maximum atomic E-state index is 12.7. The van der Waals surface area contributed by atoms with Gasteiger partial charge in [0.1, 0.15) is 12.4 Å². The minimum Gasteiger partial charge on any atom is -0.482 e. The Bertz CT molecular complexity index is 596. The summed E-state index contributed by atoms with van der Waals surface area (Å²) < 4.78 is 18.1. The summed E-state index contributed by atoms with van der Waals surface area (Å²) in [4.78, 5) is 10.4. The van der Waals surface area contributed by atoms with Crippen LogP contribution < -0.4 is 4.74 Å². The second-order valence-corrected chi connectivity index (χ2v) is 4.14. The molecule has 5 heteroatoms. The van der Waals surface area contributed by atoms with E-state index in [0.29, 0.717) is 0 Å². The Morgan fingerprint density at radius 1 is 1.21 bits per heavy atom. The zero-order valence-corrected chi connectivity index (χ0v) is 10.3. The molecule has 0 aliphatic heterocycles. The molecule has 0 unspecified atom stereocenters. The van der Waals surface area contributed by atoms with Crippen LogP contribution in [0.2, 0.25) is 0 Å². The van der Waals surface area contributed by atoms with E-state index in [-0.39, 0.29) is 23.9 Å². The monoisotopic (exact) mass is 261 g/mol. The lowest BCUT2D eigenvalue weighted by Crippen LogP contribution is -1.99. The average molecular weight is 261 g/mol. The molecule has 2 aromatic carbocycles. The summed E-state index contributed by atoms with van der Waals surface area (Å²) in [6.07, 6.45) is 0. The number of rotatable bonds is 4. The quantitative estimate of drug-likeness (QED) is 0.624. The third-order valence-corrected chi connectivity index (χ3v) is 2.62. The van der Waals surface area contributed by atoms with Gasteiger partial charge in [0.25, 0.3) is 0 Å². The molecule has 0 bridgehead atoms. The minimum absolute atomic E-state index is 0.0675. The predicted molar refractivity (Wildman–Crippen MR) is 68.6 cm³/mol. The van der Waals surface area contributed by atoms with Crippen LogP contribution in [0.25, 0.3) is 0 Å². The number of nitrogens with zero attached hydrogens (tertiary/aromatic N) is 1. The summed E-state index contributed by atoms with van der Waals surface area (Å²) >= 11 is 0. The molecular formula is C14H12FNO3. The van der Waals surface area contributed by atoms with Crippen molar-refractivity contribution >= 4 is 5.69 Å². The molecular weight excluding hydrogens is 249 g/mol. The molecule has 0 spiro atoms. The smallest absolute Gasteiger partial charge is 0.311 e. The summed E-state index contributed by atoms with van der Waals surface area (Å²) in [5.41, 5.74) is 1.47.